The van der Waals surface area contributed by atoms with E-state index in [1.54, 1.807) is 0 Å². The van der Waals surface area contributed by atoms with Crippen LogP contribution in [0.2, 0.25) is 10.2 Å². The molecule has 0 fully saturated rings. The summed E-state index contributed by atoms with van der Waals surface area (Å²) in [5, 5.41) is 26.7. The molecule has 27 heavy (non-hydrogen) atoms. The zero-order valence-electron chi connectivity index (χ0n) is 14.0. The van der Waals surface area contributed by atoms with E-state index in [0.29, 0.717) is 16.6 Å². The van der Waals surface area contributed by atoms with Gasteiger partial charge in [0.05, 0.1) is 22.6 Å². The standard InChI is InChI=1S/C18H13Cl2FN4O2/c1-18(27,17(26)23-12-4-2-10(8-22)14(19)7-12)9-25-15-5-3-11(21)6-13(15)16(20)24-25/h2-7,27H,9H2,1H3,(H,23,26)/t18-/m0/s1. The van der Waals surface area contributed by atoms with E-state index in [9.17, 15) is 14.3 Å². The predicted molar refractivity (Wildman–Crippen MR) is 100 cm³/mol. The van der Waals surface area contributed by atoms with E-state index in [4.69, 9.17) is 28.5 Å². The number of fused-ring (bicyclic) bond motifs is 1. The van der Waals surface area contributed by atoms with E-state index >= 15 is 0 Å². The number of rotatable bonds is 4. The summed E-state index contributed by atoms with van der Waals surface area (Å²) >= 11 is 12.0. The maximum Gasteiger partial charge on any atom is 0.257 e. The molecule has 0 unspecified atom stereocenters. The van der Waals surface area contributed by atoms with Crippen molar-refractivity contribution in [1.29, 1.82) is 5.26 Å². The van der Waals surface area contributed by atoms with Crippen LogP contribution in [0.4, 0.5) is 10.1 Å². The first-order valence-electron chi connectivity index (χ1n) is 7.76. The number of carbonyl (C=O) groups is 1. The van der Waals surface area contributed by atoms with E-state index < -0.39 is 17.3 Å². The maximum atomic E-state index is 13.4. The number of benzene rings is 2. The monoisotopic (exact) mass is 406 g/mol. The number of nitrogens with zero attached hydrogens (tertiary/aromatic N) is 3. The number of halogens is 3. The molecule has 0 spiro atoms. The van der Waals surface area contributed by atoms with Crippen LogP contribution in [0.1, 0.15) is 12.5 Å². The molecule has 1 aromatic heterocycles. The first-order valence-corrected chi connectivity index (χ1v) is 8.52. The third-order valence-electron chi connectivity index (χ3n) is 3.96. The van der Waals surface area contributed by atoms with Crippen molar-refractivity contribution in [1.82, 2.24) is 9.78 Å². The number of anilines is 1. The van der Waals surface area contributed by atoms with Gasteiger partial charge in [-0.05, 0) is 43.3 Å². The fraction of sp³-hybridized carbons (Fsp3) is 0.167. The third-order valence-corrected chi connectivity index (χ3v) is 4.55. The van der Waals surface area contributed by atoms with Crippen molar-refractivity contribution in [2.45, 2.75) is 19.1 Å². The molecule has 0 aliphatic heterocycles. The second-order valence-electron chi connectivity index (χ2n) is 6.14. The van der Waals surface area contributed by atoms with Gasteiger partial charge in [0.25, 0.3) is 5.91 Å². The minimum absolute atomic E-state index is 0.0691. The van der Waals surface area contributed by atoms with Crippen molar-refractivity contribution in [2.24, 2.45) is 0 Å². The number of hydrogen-bond acceptors (Lipinski definition) is 4. The lowest BCUT2D eigenvalue weighted by molar-refractivity contribution is -0.133. The highest BCUT2D eigenvalue weighted by Gasteiger charge is 2.32. The first-order chi connectivity index (χ1) is 12.7. The number of amides is 1. The van der Waals surface area contributed by atoms with Crippen LogP contribution >= 0.6 is 23.2 Å². The normalized spacial score (nSPS) is 13.2. The minimum Gasteiger partial charge on any atom is -0.378 e. The molecule has 6 nitrogen and oxygen atoms in total. The van der Waals surface area contributed by atoms with Crippen LogP contribution in [0.25, 0.3) is 10.9 Å². The zero-order chi connectivity index (χ0) is 19.8. The summed E-state index contributed by atoms with van der Waals surface area (Å²) in [6.07, 6.45) is 0. The molecule has 0 radical (unpaired) electrons. The van der Waals surface area contributed by atoms with Gasteiger partial charge in [0, 0.05) is 11.1 Å². The highest BCUT2D eigenvalue weighted by molar-refractivity contribution is 6.34. The summed E-state index contributed by atoms with van der Waals surface area (Å²) in [5.74, 6) is -1.17. The lowest BCUT2D eigenvalue weighted by Gasteiger charge is -2.22. The lowest BCUT2D eigenvalue weighted by Crippen LogP contribution is -2.44. The van der Waals surface area contributed by atoms with Crippen LogP contribution in [0.15, 0.2) is 36.4 Å². The number of aromatic nitrogens is 2. The van der Waals surface area contributed by atoms with E-state index in [1.807, 2.05) is 6.07 Å². The van der Waals surface area contributed by atoms with Crippen LogP contribution < -0.4 is 5.32 Å². The molecular weight excluding hydrogens is 394 g/mol. The number of nitrogens with one attached hydrogen (secondary N) is 1. The van der Waals surface area contributed by atoms with Crippen molar-refractivity contribution in [3.8, 4) is 6.07 Å². The van der Waals surface area contributed by atoms with Crippen LogP contribution in [0.5, 0.6) is 0 Å². The van der Waals surface area contributed by atoms with Crippen molar-refractivity contribution < 1.29 is 14.3 Å². The summed E-state index contributed by atoms with van der Waals surface area (Å²) in [6, 6.07) is 10.2. The molecule has 2 N–H and O–H groups in total. The van der Waals surface area contributed by atoms with E-state index in [2.05, 4.69) is 10.4 Å². The van der Waals surface area contributed by atoms with Crippen molar-refractivity contribution >= 4 is 45.7 Å². The molecule has 3 rings (SSSR count). The Morgan fingerprint density at radius 1 is 1.37 bits per heavy atom. The Hall–Kier alpha value is -2.66. The van der Waals surface area contributed by atoms with Gasteiger partial charge < -0.3 is 10.4 Å². The molecule has 0 aliphatic rings. The Morgan fingerprint density at radius 3 is 2.78 bits per heavy atom. The van der Waals surface area contributed by atoms with Gasteiger partial charge in [0.15, 0.2) is 10.8 Å². The van der Waals surface area contributed by atoms with Gasteiger partial charge in [-0.3, -0.25) is 9.48 Å². The average molecular weight is 407 g/mol. The third kappa shape index (κ3) is 3.88. The maximum absolute atomic E-state index is 13.4. The first kappa shape index (κ1) is 19.1. The number of aliphatic hydroxyl groups is 1. The van der Waals surface area contributed by atoms with E-state index in [-0.39, 0.29) is 22.3 Å². The fourth-order valence-corrected chi connectivity index (χ4v) is 3.01. The van der Waals surface area contributed by atoms with Crippen LogP contribution in [-0.2, 0) is 11.3 Å². The van der Waals surface area contributed by atoms with Gasteiger partial charge in [-0.15, -0.1) is 0 Å². The molecule has 138 valence electrons. The largest absolute Gasteiger partial charge is 0.378 e. The Kier molecular flexibility index (Phi) is 5.07. The Labute approximate surface area is 163 Å². The lowest BCUT2D eigenvalue weighted by atomic mass is 10.1. The molecule has 0 saturated heterocycles. The SMILES string of the molecule is C[C@](O)(Cn1nc(Cl)c2cc(F)ccc21)C(=O)Nc1ccc(C#N)c(Cl)c1. The smallest absolute Gasteiger partial charge is 0.257 e. The van der Waals surface area contributed by atoms with Gasteiger partial charge >= 0.3 is 0 Å². The number of nitriles is 1. The van der Waals surface area contributed by atoms with Gasteiger partial charge in [0.2, 0.25) is 0 Å². The van der Waals surface area contributed by atoms with Crippen molar-refractivity contribution in [3.63, 3.8) is 0 Å². The second kappa shape index (κ2) is 7.16. The summed E-state index contributed by atoms with van der Waals surface area (Å²) in [5.41, 5.74) is -0.770. The van der Waals surface area contributed by atoms with E-state index in [0.717, 1.165) is 0 Å². The van der Waals surface area contributed by atoms with Gasteiger partial charge in [-0.1, -0.05) is 23.2 Å². The van der Waals surface area contributed by atoms with Crippen LogP contribution in [0.3, 0.4) is 0 Å². The van der Waals surface area contributed by atoms with Crippen molar-refractivity contribution in [3.05, 3.63) is 58.0 Å². The highest BCUT2D eigenvalue weighted by atomic mass is 35.5. The minimum atomic E-state index is -1.85. The van der Waals surface area contributed by atoms with Gasteiger partial charge in [0.1, 0.15) is 11.9 Å². The Bertz CT molecular complexity index is 1090. The van der Waals surface area contributed by atoms with Gasteiger partial charge in [-0.25, -0.2) is 4.39 Å². The predicted octanol–water partition coefficient (Wildman–Crippen LogP) is 3.74. The Morgan fingerprint density at radius 2 is 2.11 bits per heavy atom. The fourth-order valence-electron chi connectivity index (χ4n) is 2.55. The Balaban J connectivity index is 1.83. The molecule has 3 aromatic rings. The van der Waals surface area contributed by atoms with Crippen LogP contribution in [0, 0.1) is 17.1 Å². The molecule has 1 amide bonds. The highest BCUT2D eigenvalue weighted by Crippen LogP contribution is 2.26. The van der Waals surface area contributed by atoms with Gasteiger partial charge in [-0.2, -0.15) is 10.4 Å². The summed E-state index contributed by atoms with van der Waals surface area (Å²) < 4.78 is 14.7. The number of carbonyl (C=O) groups excluding carboxylic acids is 1. The average Bonchev–Trinajstić information content (AvgIpc) is 2.89. The van der Waals surface area contributed by atoms with Crippen LogP contribution in [-0.4, -0.2) is 26.4 Å². The topological polar surface area (TPSA) is 90.9 Å². The molecular formula is C18H13Cl2FN4O2. The number of hydrogen-bond donors (Lipinski definition) is 2. The quantitative estimate of drug-likeness (QED) is 0.690. The molecule has 1 atom stereocenters. The molecule has 0 saturated carbocycles. The molecule has 0 aliphatic carbocycles. The molecule has 1 heterocycles. The van der Waals surface area contributed by atoms with E-state index in [1.165, 1.54) is 48.0 Å². The van der Waals surface area contributed by atoms with Crippen molar-refractivity contribution in [2.75, 3.05) is 5.32 Å². The zero-order valence-corrected chi connectivity index (χ0v) is 15.5. The molecule has 9 heteroatoms. The second-order valence-corrected chi connectivity index (χ2v) is 6.91. The summed E-state index contributed by atoms with van der Waals surface area (Å²) in [7, 11) is 0. The molecule has 0 bridgehead atoms. The summed E-state index contributed by atoms with van der Waals surface area (Å²) in [6.45, 7) is 1.11. The molecule has 2 aromatic carbocycles. The summed E-state index contributed by atoms with van der Waals surface area (Å²) in [4.78, 5) is 12.5.